The van der Waals surface area contributed by atoms with Crippen molar-refractivity contribution < 1.29 is 19.0 Å². The molecule has 0 aliphatic carbocycles. The van der Waals surface area contributed by atoms with Crippen molar-refractivity contribution in [2.75, 3.05) is 47.5 Å². The second-order valence-corrected chi connectivity index (χ2v) is 9.31. The number of amides is 1. The summed E-state index contributed by atoms with van der Waals surface area (Å²) >= 11 is 1.57. The fraction of sp³-hybridized carbons (Fsp3) is 0.346. The van der Waals surface area contributed by atoms with Gasteiger partial charge in [-0.15, -0.1) is 11.3 Å². The van der Waals surface area contributed by atoms with Gasteiger partial charge in [-0.2, -0.15) is 0 Å². The molecule has 0 atom stereocenters. The smallest absolute Gasteiger partial charge is 0.264 e. The predicted molar refractivity (Wildman–Crippen MR) is 132 cm³/mol. The first-order valence-electron chi connectivity index (χ1n) is 11.0. The van der Waals surface area contributed by atoms with Crippen LogP contribution in [0.2, 0.25) is 0 Å². The molecule has 0 saturated carbocycles. The minimum absolute atomic E-state index is 0.112. The fourth-order valence-corrected chi connectivity index (χ4v) is 5.17. The van der Waals surface area contributed by atoms with Crippen molar-refractivity contribution in [2.24, 2.45) is 0 Å². The maximum Gasteiger partial charge on any atom is 0.264 e. The Balaban J connectivity index is 1.40. The van der Waals surface area contributed by atoms with Gasteiger partial charge in [-0.25, -0.2) is 0 Å². The molecule has 3 aromatic rings. The Labute approximate surface area is 199 Å². The highest BCUT2D eigenvalue weighted by atomic mass is 32.1. The quantitative estimate of drug-likeness (QED) is 0.505. The van der Waals surface area contributed by atoms with Gasteiger partial charge in [0, 0.05) is 43.2 Å². The summed E-state index contributed by atoms with van der Waals surface area (Å²) in [5, 5.41) is 0. The van der Waals surface area contributed by atoms with Gasteiger partial charge in [0.05, 0.1) is 26.2 Å². The van der Waals surface area contributed by atoms with Gasteiger partial charge in [-0.1, -0.05) is 12.1 Å². The van der Waals surface area contributed by atoms with E-state index in [-0.39, 0.29) is 5.91 Å². The predicted octanol–water partition coefficient (Wildman–Crippen LogP) is 4.71. The molecule has 174 valence electrons. The molecule has 4 rings (SSSR count). The van der Waals surface area contributed by atoms with Crippen LogP contribution in [-0.4, -0.2) is 63.2 Å². The van der Waals surface area contributed by atoms with Crippen LogP contribution in [0.1, 0.15) is 20.1 Å². The molecule has 33 heavy (non-hydrogen) atoms. The topological polar surface area (TPSA) is 51.2 Å². The normalized spacial score (nSPS) is 14.2. The van der Waals surface area contributed by atoms with Crippen LogP contribution < -0.4 is 14.2 Å². The van der Waals surface area contributed by atoms with E-state index < -0.39 is 0 Å². The number of hydrogen-bond acceptors (Lipinski definition) is 6. The molecular weight excluding hydrogens is 436 g/mol. The first kappa shape index (κ1) is 23.1. The Hall–Kier alpha value is -3.03. The number of carbonyl (C=O) groups excluding carboxylic acids is 1. The molecule has 1 aromatic heterocycles. The van der Waals surface area contributed by atoms with Crippen molar-refractivity contribution in [1.82, 2.24) is 9.80 Å². The average Bonchev–Trinajstić information content (AvgIpc) is 3.25. The number of hydrogen-bond donors (Lipinski definition) is 0. The second kappa shape index (κ2) is 10.3. The minimum Gasteiger partial charge on any atom is -0.497 e. The van der Waals surface area contributed by atoms with Crippen LogP contribution in [-0.2, 0) is 6.54 Å². The molecule has 1 amide bonds. The fourth-order valence-electron chi connectivity index (χ4n) is 4.16. The van der Waals surface area contributed by atoms with Crippen molar-refractivity contribution in [3.63, 3.8) is 0 Å². The lowest BCUT2D eigenvalue weighted by Crippen LogP contribution is -2.48. The number of methoxy groups -OCH3 is 3. The van der Waals surface area contributed by atoms with E-state index in [1.165, 1.54) is 0 Å². The summed E-state index contributed by atoms with van der Waals surface area (Å²) in [5.41, 5.74) is 3.30. The molecule has 7 heteroatoms. The zero-order valence-corrected chi connectivity index (χ0v) is 20.4. The molecule has 0 radical (unpaired) electrons. The highest BCUT2D eigenvalue weighted by Crippen LogP contribution is 2.33. The number of carbonyl (C=O) groups is 1. The summed E-state index contributed by atoms with van der Waals surface area (Å²) in [6.45, 7) is 5.89. The van der Waals surface area contributed by atoms with Gasteiger partial charge >= 0.3 is 0 Å². The standard InChI is InChI=1S/C26H30N2O4S/c1-18-23(19-5-7-21(30-2)8-6-19)16-25(33-18)26(29)28-13-11-27(12-14-28)17-20-15-22(31-3)9-10-24(20)32-4/h5-10,15-16H,11-14,17H2,1-4H3. The van der Waals surface area contributed by atoms with Crippen molar-refractivity contribution >= 4 is 17.2 Å². The third-order valence-corrected chi connectivity index (χ3v) is 7.11. The van der Waals surface area contributed by atoms with Gasteiger partial charge in [-0.05, 0) is 54.4 Å². The van der Waals surface area contributed by atoms with E-state index in [1.54, 1.807) is 32.7 Å². The summed E-state index contributed by atoms with van der Waals surface area (Å²) in [6, 6.07) is 15.9. The summed E-state index contributed by atoms with van der Waals surface area (Å²) in [6.07, 6.45) is 0. The third-order valence-electron chi connectivity index (χ3n) is 6.07. The van der Waals surface area contributed by atoms with E-state index in [1.807, 2.05) is 53.4 Å². The summed E-state index contributed by atoms with van der Waals surface area (Å²) in [5.74, 6) is 2.61. The lowest BCUT2D eigenvalue weighted by molar-refractivity contribution is 0.0632. The largest absolute Gasteiger partial charge is 0.497 e. The third kappa shape index (κ3) is 5.15. The number of piperazine rings is 1. The van der Waals surface area contributed by atoms with Crippen molar-refractivity contribution in [1.29, 1.82) is 0 Å². The molecule has 6 nitrogen and oxygen atoms in total. The molecule has 2 heterocycles. The lowest BCUT2D eigenvalue weighted by atomic mass is 10.1. The Morgan fingerprint density at radius 2 is 1.55 bits per heavy atom. The van der Waals surface area contributed by atoms with Crippen LogP contribution in [0, 0.1) is 6.92 Å². The van der Waals surface area contributed by atoms with Crippen LogP contribution >= 0.6 is 11.3 Å². The van der Waals surface area contributed by atoms with E-state index in [0.29, 0.717) is 13.1 Å². The van der Waals surface area contributed by atoms with Crippen LogP contribution in [0.25, 0.3) is 11.1 Å². The zero-order chi connectivity index (χ0) is 23.4. The van der Waals surface area contributed by atoms with Gasteiger partial charge in [0.25, 0.3) is 5.91 Å². The molecule has 0 bridgehead atoms. The highest BCUT2D eigenvalue weighted by Gasteiger charge is 2.25. The Morgan fingerprint density at radius 1 is 0.879 bits per heavy atom. The minimum atomic E-state index is 0.112. The first-order valence-corrected chi connectivity index (χ1v) is 11.8. The van der Waals surface area contributed by atoms with Gasteiger partial charge < -0.3 is 19.1 Å². The molecular formula is C26H30N2O4S. The summed E-state index contributed by atoms with van der Waals surface area (Å²) < 4.78 is 16.1. The summed E-state index contributed by atoms with van der Waals surface area (Å²) in [4.78, 5) is 19.5. The lowest BCUT2D eigenvalue weighted by Gasteiger charge is -2.34. The number of rotatable bonds is 7. The number of ether oxygens (including phenoxy) is 3. The van der Waals surface area contributed by atoms with Crippen LogP contribution in [0.5, 0.6) is 17.2 Å². The zero-order valence-electron chi connectivity index (χ0n) is 19.6. The van der Waals surface area contributed by atoms with Crippen LogP contribution in [0.3, 0.4) is 0 Å². The molecule has 1 aliphatic rings. The van der Waals surface area contributed by atoms with E-state index in [9.17, 15) is 4.79 Å². The van der Waals surface area contributed by atoms with E-state index in [0.717, 1.165) is 63.3 Å². The second-order valence-electron chi connectivity index (χ2n) is 8.06. The van der Waals surface area contributed by atoms with Gasteiger partial charge in [0.1, 0.15) is 17.2 Å². The van der Waals surface area contributed by atoms with Crippen LogP contribution in [0.4, 0.5) is 0 Å². The molecule has 2 aromatic carbocycles. The highest BCUT2D eigenvalue weighted by molar-refractivity contribution is 7.14. The molecule has 0 unspecified atom stereocenters. The monoisotopic (exact) mass is 466 g/mol. The SMILES string of the molecule is COc1ccc(-c2cc(C(=O)N3CCN(Cc4cc(OC)ccc4OC)CC3)sc2C)cc1. The number of aryl methyl sites for hydroxylation is 1. The van der Waals surface area contributed by atoms with E-state index in [2.05, 4.69) is 11.8 Å². The molecule has 0 spiro atoms. The summed E-state index contributed by atoms with van der Waals surface area (Å²) in [7, 11) is 5.02. The van der Waals surface area contributed by atoms with Crippen molar-refractivity contribution in [3.8, 4) is 28.4 Å². The van der Waals surface area contributed by atoms with Crippen molar-refractivity contribution in [3.05, 3.63) is 63.8 Å². The van der Waals surface area contributed by atoms with E-state index in [4.69, 9.17) is 14.2 Å². The van der Waals surface area contributed by atoms with Crippen molar-refractivity contribution in [2.45, 2.75) is 13.5 Å². The maximum absolute atomic E-state index is 13.2. The average molecular weight is 467 g/mol. The maximum atomic E-state index is 13.2. The molecule has 0 N–H and O–H groups in total. The number of nitrogens with zero attached hydrogens (tertiary/aromatic N) is 2. The number of benzene rings is 2. The molecule has 1 saturated heterocycles. The van der Waals surface area contributed by atoms with Gasteiger partial charge in [0.15, 0.2) is 0 Å². The van der Waals surface area contributed by atoms with Crippen LogP contribution in [0.15, 0.2) is 48.5 Å². The Morgan fingerprint density at radius 3 is 2.18 bits per heavy atom. The van der Waals surface area contributed by atoms with Gasteiger partial charge in [0.2, 0.25) is 0 Å². The molecule has 1 aliphatic heterocycles. The Kier molecular flexibility index (Phi) is 7.20. The number of thiophene rings is 1. The van der Waals surface area contributed by atoms with Gasteiger partial charge in [-0.3, -0.25) is 9.69 Å². The van der Waals surface area contributed by atoms with E-state index >= 15 is 0 Å². The first-order chi connectivity index (χ1) is 16.0. The molecule has 1 fully saturated rings. The Bertz CT molecular complexity index is 1100.